The molecule has 3 heteroatoms. The maximum atomic E-state index is 2.36. The molecule has 0 saturated heterocycles. The molecule has 0 radical (unpaired) electrons. The Kier molecular flexibility index (Phi) is 8.50. The minimum Gasteiger partial charge on any atom is -0.147 e. The van der Waals surface area contributed by atoms with Gasteiger partial charge in [0, 0.05) is 0 Å². The van der Waals surface area contributed by atoms with Gasteiger partial charge in [-0.05, 0) is 0 Å². The second-order valence-electron chi connectivity index (χ2n) is 4.17. The molecular formula is C14H20Cl2Ti. The zero-order valence-electron chi connectivity index (χ0n) is 10.3. The van der Waals surface area contributed by atoms with Crippen LogP contribution < -0.4 is 0 Å². The third kappa shape index (κ3) is 4.14. The predicted octanol–water partition coefficient (Wildman–Crippen LogP) is 4.87. The second-order valence-corrected chi connectivity index (χ2v) is 6.36. The van der Waals surface area contributed by atoms with Crippen molar-refractivity contribution in [3.8, 4) is 0 Å². The van der Waals surface area contributed by atoms with Crippen molar-refractivity contribution in [2.45, 2.75) is 26.7 Å². The maximum Gasteiger partial charge on any atom is -0.147 e. The molecule has 2 atom stereocenters. The Balaban J connectivity index is 0.00000128. The molecule has 0 aromatic carbocycles. The molecule has 0 N–H and O–H groups in total. The van der Waals surface area contributed by atoms with E-state index < -0.39 is 0 Å². The van der Waals surface area contributed by atoms with Gasteiger partial charge in [0.15, 0.2) is 0 Å². The van der Waals surface area contributed by atoms with E-state index in [1.807, 2.05) is 0 Å². The van der Waals surface area contributed by atoms with Gasteiger partial charge in [-0.15, -0.1) is 24.8 Å². The van der Waals surface area contributed by atoms with Crippen molar-refractivity contribution in [2.24, 2.45) is 11.8 Å². The molecular weight excluding hydrogens is 287 g/mol. The molecule has 0 saturated carbocycles. The number of allylic oxidation sites excluding steroid dienone is 8. The summed E-state index contributed by atoms with van der Waals surface area (Å²) in [5.74, 6) is 1.51. The average molecular weight is 307 g/mol. The van der Waals surface area contributed by atoms with E-state index in [4.69, 9.17) is 0 Å². The molecule has 0 aromatic rings. The van der Waals surface area contributed by atoms with Crippen LogP contribution in [0.25, 0.3) is 0 Å². The van der Waals surface area contributed by atoms with Gasteiger partial charge in [-0.2, -0.15) is 0 Å². The summed E-state index contributed by atoms with van der Waals surface area (Å²) in [6.45, 7) is 4.58. The van der Waals surface area contributed by atoms with Crippen LogP contribution in [-0.2, 0) is 19.2 Å². The van der Waals surface area contributed by atoms with Crippen LogP contribution in [0.4, 0.5) is 0 Å². The van der Waals surface area contributed by atoms with Crippen LogP contribution in [0.2, 0.25) is 0 Å². The minimum atomic E-state index is -0.0221. The largest absolute Gasteiger partial charge is 0.147 e. The van der Waals surface area contributed by atoms with Gasteiger partial charge in [-0.25, -0.2) is 0 Å². The van der Waals surface area contributed by atoms with Gasteiger partial charge in [0.05, 0.1) is 0 Å². The standard InChI is InChI=1S/2C7H9.2ClH.Ti/c2*1-2-7-5-3-4-6-7;;;/h2*3-5,7H,2H2,1H3;2*1H;. The van der Waals surface area contributed by atoms with Crippen molar-refractivity contribution in [2.75, 3.05) is 0 Å². The third-order valence-electron chi connectivity index (χ3n) is 3.21. The number of hydrogen-bond acceptors (Lipinski definition) is 0. The van der Waals surface area contributed by atoms with Crippen LogP contribution in [0.1, 0.15) is 26.7 Å². The Labute approximate surface area is 126 Å². The van der Waals surface area contributed by atoms with Gasteiger partial charge >= 0.3 is 102 Å². The quantitative estimate of drug-likeness (QED) is 0.650. The van der Waals surface area contributed by atoms with Crippen molar-refractivity contribution in [1.82, 2.24) is 0 Å². The normalized spacial score (nSPS) is 24.8. The van der Waals surface area contributed by atoms with Crippen molar-refractivity contribution in [1.29, 1.82) is 0 Å². The zero-order chi connectivity index (χ0) is 10.7. The maximum absolute atomic E-state index is 2.36. The molecule has 0 nitrogen and oxygen atoms in total. The Morgan fingerprint density at radius 3 is 1.65 bits per heavy atom. The van der Waals surface area contributed by atoms with Crippen LogP contribution in [0.5, 0.6) is 0 Å². The first-order valence-corrected chi connectivity index (χ1v) is 7.45. The van der Waals surface area contributed by atoms with Crippen molar-refractivity contribution in [3.05, 3.63) is 44.2 Å². The van der Waals surface area contributed by atoms with E-state index in [-0.39, 0.29) is 44.0 Å². The second kappa shape index (κ2) is 8.37. The molecule has 0 aliphatic heterocycles. The third-order valence-corrected chi connectivity index (χ3v) is 5.79. The Morgan fingerprint density at radius 1 is 0.882 bits per heavy atom. The van der Waals surface area contributed by atoms with E-state index in [2.05, 4.69) is 50.3 Å². The van der Waals surface area contributed by atoms with E-state index >= 15 is 0 Å². The van der Waals surface area contributed by atoms with Gasteiger partial charge < -0.3 is 0 Å². The monoisotopic (exact) mass is 306 g/mol. The van der Waals surface area contributed by atoms with E-state index in [1.165, 1.54) is 12.8 Å². The van der Waals surface area contributed by atoms with Crippen molar-refractivity contribution >= 4 is 24.8 Å². The molecule has 0 bridgehead atoms. The Bertz CT molecular complexity index is 319. The van der Waals surface area contributed by atoms with E-state index in [9.17, 15) is 0 Å². The number of rotatable bonds is 4. The first kappa shape index (κ1) is 17.3. The van der Waals surface area contributed by atoms with Gasteiger partial charge in [0.1, 0.15) is 0 Å². The van der Waals surface area contributed by atoms with Gasteiger partial charge in [0.25, 0.3) is 0 Å². The van der Waals surface area contributed by atoms with Crippen molar-refractivity contribution in [3.63, 3.8) is 0 Å². The van der Waals surface area contributed by atoms with Crippen LogP contribution >= 0.6 is 24.8 Å². The van der Waals surface area contributed by atoms with E-state index in [0.29, 0.717) is 0 Å². The molecule has 2 aliphatic rings. The first-order valence-electron chi connectivity index (χ1n) is 5.89. The molecule has 2 aliphatic carbocycles. The molecule has 94 valence electrons. The van der Waals surface area contributed by atoms with Gasteiger partial charge in [0.2, 0.25) is 0 Å². The SMILES string of the molecule is CCC1C=CC=[C]1[Ti][C]1=CC=CC1CC.Cl.Cl. The summed E-state index contributed by atoms with van der Waals surface area (Å²) in [6.07, 6.45) is 16.5. The molecule has 0 amide bonds. The smallest absolute Gasteiger partial charge is 0.147 e. The van der Waals surface area contributed by atoms with Crippen LogP contribution in [-0.4, -0.2) is 0 Å². The van der Waals surface area contributed by atoms with Gasteiger partial charge in [-0.1, -0.05) is 0 Å². The van der Waals surface area contributed by atoms with Gasteiger partial charge in [-0.3, -0.25) is 0 Å². The molecule has 0 aromatic heterocycles. The van der Waals surface area contributed by atoms with Crippen LogP contribution in [0, 0.1) is 11.8 Å². The topological polar surface area (TPSA) is 0 Å². The summed E-state index contributed by atoms with van der Waals surface area (Å²) in [5.41, 5.74) is 0. The fourth-order valence-electron chi connectivity index (χ4n) is 2.19. The first-order chi connectivity index (χ1) is 7.35. The molecule has 17 heavy (non-hydrogen) atoms. The van der Waals surface area contributed by atoms with Crippen molar-refractivity contribution < 1.29 is 19.2 Å². The summed E-state index contributed by atoms with van der Waals surface area (Å²) in [4.78, 5) is 0. The summed E-state index contributed by atoms with van der Waals surface area (Å²) in [5, 5.41) is 0. The fourth-order valence-corrected chi connectivity index (χ4v) is 4.79. The number of halogens is 2. The summed E-state index contributed by atoms with van der Waals surface area (Å²) < 4.78 is 3.46. The summed E-state index contributed by atoms with van der Waals surface area (Å²) >= 11 is -0.0221. The summed E-state index contributed by atoms with van der Waals surface area (Å²) in [6, 6.07) is 0. The molecule has 0 fully saturated rings. The number of hydrogen-bond donors (Lipinski definition) is 0. The molecule has 0 heterocycles. The average Bonchev–Trinajstić information content (AvgIpc) is 2.87. The Hall–Kier alpha value is 0.254. The fraction of sp³-hybridized carbons (Fsp3) is 0.429. The van der Waals surface area contributed by atoms with Crippen LogP contribution in [0.3, 0.4) is 0 Å². The van der Waals surface area contributed by atoms with E-state index in [1.54, 1.807) is 7.76 Å². The van der Waals surface area contributed by atoms with Crippen LogP contribution in [0.15, 0.2) is 44.2 Å². The zero-order valence-corrected chi connectivity index (χ0v) is 13.5. The molecule has 0 spiro atoms. The minimum absolute atomic E-state index is 0. The summed E-state index contributed by atoms with van der Waals surface area (Å²) in [7, 11) is 0. The van der Waals surface area contributed by atoms with E-state index in [0.717, 1.165) is 11.8 Å². The predicted molar refractivity (Wildman–Crippen MR) is 76.5 cm³/mol. The molecule has 2 unspecified atom stereocenters. The Morgan fingerprint density at radius 2 is 1.29 bits per heavy atom. The molecule has 2 rings (SSSR count).